The van der Waals surface area contributed by atoms with E-state index in [0.29, 0.717) is 31.4 Å². The minimum atomic E-state index is -4.47. The number of aliphatic imine (C=N–C) groups is 2. The molecule has 2 saturated heterocycles. The van der Waals surface area contributed by atoms with Crippen LogP contribution in [0.2, 0.25) is 0 Å². The summed E-state index contributed by atoms with van der Waals surface area (Å²) in [5.41, 5.74) is 5.72. The molecule has 9 nitrogen and oxygen atoms in total. The summed E-state index contributed by atoms with van der Waals surface area (Å²) in [5, 5.41) is 5.86. The molecule has 0 bridgehead atoms. The number of halogens is 3. The Kier molecular flexibility index (Phi) is 10.2. The third-order valence-electron chi connectivity index (χ3n) is 6.88. The second kappa shape index (κ2) is 13.1. The predicted molar refractivity (Wildman–Crippen MR) is 139 cm³/mol. The number of alkyl halides is 3. The van der Waals surface area contributed by atoms with Crippen LogP contribution < -0.4 is 16.4 Å². The van der Waals surface area contributed by atoms with Crippen molar-refractivity contribution in [3.8, 4) is 0 Å². The predicted octanol–water partition coefficient (Wildman–Crippen LogP) is 1.91. The van der Waals surface area contributed by atoms with Gasteiger partial charge in [-0.3, -0.25) is 10.1 Å². The molecule has 2 aliphatic heterocycles. The zero-order valence-corrected chi connectivity index (χ0v) is 21.9. The number of piperazine rings is 1. The molecule has 1 amide bonds. The summed E-state index contributed by atoms with van der Waals surface area (Å²) < 4.78 is 39.9. The molecule has 0 spiro atoms. The van der Waals surface area contributed by atoms with E-state index in [1.807, 2.05) is 18.9 Å². The second-order valence-electron chi connectivity index (χ2n) is 9.56. The molecule has 206 valence electrons. The van der Waals surface area contributed by atoms with Crippen LogP contribution in [0.4, 0.5) is 13.2 Å². The van der Waals surface area contributed by atoms with E-state index in [1.165, 1.54) is 18.2 Å². The van der Waals surface area contributed by atoms with Crippen molar-refractivity contribution in [2.75, 3.05) is 53.4 Å². The standard InChI is InChI=1S/C25H39F3N8O/c1-4-21(30-2)32-24(35-14-12-34(3)13-15-35)33-23(29)36-11-7-9-19(17-36)22(37)31-16-18-8-5-6-10-20(18)25(26,27)28/h5-6,8,10,19,21,30H,4,7,9,11-17H2,1-3H3,(H,31,37)(H2,29,32,33). The number of hydrogen-bond acceptors (Lipinski definition) is 4. The summed E-state index contributed by atoms with van der Waals surface area (Å²) in [6.07, 6.45) is -2.41. The lowest BCUT2D eigenvalue weighted by Gasteiger charge is -2.35. The van der Waals surface area contributed by atoms with Crippen LogP contribution in [0.25, 0.3) is 0 Å². The van der Waals surface area contributed by atoms with Gasteiger partial charge in [0.1, 0.15) is 6.17 Å². The third kappa shape index (κ3) is 8.06. The van der Waals surface area contributed by atoms with Crippen LogP contribution in [0.15, 0.2) is 34.3 Å². The van der Waals surface area contributed by atoms with Gasteiger partial charge in [-0.05, 0) is 45.0 Å². The number of rotatable bonds is 6. The van der Waals surface area contributed by atoms with Crippen LogP contribution >= 0.6 is 0 Å². The first-order valence-electron chi connectivity index (χ1n) is 12.8. The fourth-order valence-corrected chi connectivity index (χ4v) is 4.54. The summed E-state index contributed by atoms with van der Waals surface area (Å²) in [6, 6.07) is 5.29. The average molecular weight is 525 g/mol. The van der Waals surface area contributed by atoms with Crippen LogP contribution in [0, 0.1) is 5.92 Å². The maximum Gasteiger partial charge on any atom is 0.416 e. The van der Waals surface area contributed by atoms with Gasteiger partial charge in [-0.15, -0.1) is 0 Å². The monoisotopic (exact) mass is 524 g/mol. The molecule has 0 saturated carbocycles. The van der Waals surface area contributed by atoms with E-state index in [4.69, 9.17) is 15.7 Å². The van der Waals surface area contributed by atoms with E-state index in [-0.39, 0.29) is 24.2 Å². The summed E-state index contributed by atoms with van der Waals surface area (Å²) in [5.74, 6) is 0.180. The zero-order chi connectivity index (χ0) is 27.0. The van der Waals surface area contributed by atoms with Gasteiger partial charge in [-0.2, -0.15) is 18.2 Å². The lowest BCUT2D eigenvalue weighted by Crippen LogP contribution is -2.50. The Hall–Kier alpha value is -2.86. The van der Waals surface area contributed by atoms with Crippen LogP contribution in [0.1, 0.15) is 37.3 Å². The summed E-state index contributed by atoms with van der Waals surface area (Å²) in [7, 11) is 3.93. The second-order valence-corrected chi connectivity index (χ2v) is 9.56. The minimum Gasteiger partial charge on any atom is -0.369 e. The molecule has 2 atom stereocenters. The lowest BCUT2D eigenvalue weighted by atomic mass is 9.97. The minimum absolute atomic E-state index is 0.0418. The Bertz CT molecular complexity index is 956. The summed E-state index contributed by atoms with van der Waals surface area (Å²) in [6.45, 7) is 6.23. The molecule has 3 rings (SSSR count). The molecule has 37 heavy (non-hydrogen) atoms. The van der Waals surface area contributed by atoms with Crippen LogP contribution in [0.5, 0.6) is 0 Å². The topological polar surface area (TPSA) is 102 Å². The number of nitrogens with zero attached hydrogens (tertiary/aromatic N) is 5. The van der Waals surface area contributed by atoms with Crippen molar-refractivity contribution >= 4 is 17.8 Å². The number of guanidine groups is 2. The van der Waals surface area contributed by atoms with Crippen molar-refractivity contribution in [3.63, 3.8) is 0 Å². The van der Waals surface area contributed by atoms with E-state index in [1.54, 1.807) is 0 Å². The number of likely N-dealkylation sites (tertiary alicyclic amines) is 1. The van der Waals surface area contributed by atoms with Crippen molar-refractivity contribution < 1.29 is 18.0 Å². The molecule has 4 N–H and O–H groups in total. The largest absolute Gasteiger partial charge is 0.416 e. The molecule has 1 aromatic rings. The highest BCUT2D eigenvalue weighted by atomic mass is 19.4. The molecule has 2 unspecified atom stereocenters. The van der Waals surface area contributed by atoms with E-state index < -0.39 is 17.7 Å². The van der Waals surface area contributed by atoms with Crippen molar-refractivity contribution in [1.82, 2.24) is 25.3 Å². The maximum atomic E-state index is 13.3. The lowest BCUT2D eigenvalue weighted by molar-refractivity contribution is -0.138. The molecule has 0 aliphatic carbocycles. The Balaban J connectivity index is 1.68. The molecular weight excluding hydrogens is 485 g/mol. The number of likely N-dealkylation sites (N-methyl/N-ethyl adjacent to an activating group) is 1. The normalized spacial score (nSPS) is 21.2. The van der Waals surface area contributed by atoms with E-state index >= 15 is 0 Å². The smallest absolute Gasteiger partial charge is 0.369 e. The quantitative estimate of drug-likeness (QED) is 0.388. The van der Waals surface area contributed by atoms with Crippen LogP contribution in [-0.2, 0) is 17.5 Å². The van der Waals surface area contributed by atoms with Gasteiger partial charge >= 0.3 is 6.18 Å². The molecule has 2 aliphatic rings. The Morgan fingerprint density at radius 1 is 1.16 bits per heavy atom. The van der Waals surface area contributed by atoms with Crippen molar-refractivity contribution in [1.29, 1.82) is 0 Å². The Morgan fingerprint density at radius 2 is 1.86 bits per heavy atom. The van der Waals surface area contributed by atoms with Gasteiger partial charge in [-0.25, -0.2) is 4.99 Å². The van der Waals surface area contributed by atoms with E-state index in [0.717, 1.165) is 45.1 Å². The number of nitrogens with two attached hydrogens (primary N) is 1. The van der Waals surface area contributed by atoms with Gasteiger partial charge in [0.2, 0.25) is 11.9 Å². The van der Waals surface area contributed by atoms with E-state index in [9.17, 15) is 18.0 Å². The fraction of sp³-hybridized carbons (Fsp3) is 0.640. The number of carbonyl (C=O) groups is 1. The first kappa shape index (κ1) is 28.7. The highest BCUT2D eigenvalue weighted by Gasteiger charge is 2.33. The zero-order valence-electron chi connectivity index (χ0n) is 21.9. The summed E-state index contributed by atoms with van der Waals surface area (Å²) >= 11 is 0. The number of amides is 1. The number of nitrogens with one attached hydrogen (secondary N) is 2. The Labute approximate surface area is 217 Å². The van der Waals surface area contributed by atoms with Gasteiger partial charge in [0, 0.05) is 45.8 Å². The number of piperidine rings is 1. The van der Waals surface area contributed by atoms with Gasteiger partial charge in [0.15, 0.2) is 5.96 Å². The third-order valence-corrected chi connectivity index (χ3v) is 6.88. The van der Waals surface area contributed by atoms with Gasteiger partial charge < -0.3 is 25.8 Å². The first-order chi connectivity index (χ1) is 17.6. The molecule has 2 heterocycles. The first-order valence-corrected chi connectivity index (χ1v) is 12.8. The summed E-state index contributed by atoms with van der Waals surface area (Å²) in [4.78, 5) is 28.6. The van der Waals surface area contributed by atoms with Crippen molar-refractivity contribution in [3.05, 3.63) is 35.4 Å². The number of carbonyl (C=O) groups excluding carboxylic acids is 1. The molecule has 0 radical (unpaired) electrons. The fourth-order valence-electron chi connectivity index (χ4n) is 4.54. The van der Waals surface area contributed by atoms with Crippen molar-refractivity contribution in [2.24, 2.45) is 21.6 Å². The molecule has 2 fully saturated rings. The number of benzene rings is 1. The van der Waals surface area contributed by atoms with E-state index in [2.05, 4.69) is 27.5 Å². The maximum absolute atomic E-state index is 13.3. The Morgan fingerprint density at radius 3 is 2.51 bits per heavy atom. The molecule has 12 heteroatoms. The molecule has 1 aromatic carbocycles. The SMILES string of the molecule is CCC(N=C(N=C(N)N1CCCC(C(=O)NCc2ccccc2C(F)(F)F)C1)N1CCN(C)CC1)NC. The average Bonchev–Trinajstić information content (AvgIpc) is 2.89. The van der Waals surface area contributed by atoms with Crippen LogP contribution in [-0.4, -0.2) is 92.1 Å². The van der Waals surface area contributed by atoms with Gasteiger partial charge in [0.25, 0.3) is 0 Å². The number of hydrogen-bond donors (Lipinski definition) is 3. The van der Waals surface area contributed by atoms with Crippen LogP contribution in [0.3, 0.4) is 0 Å². The highest BCUT2D eigenvalue weighted by molar-refractivity contribution is 5.94. The molecular formula is C25H39F3N8O. The van der Waals surface area contributed by atoms with Crippen molar-refractivity contribution in [2.45, 2.75) is 45.1 Å². The molecule has 0 aromatic heterocycles. The van der Waals surface area contributed by atoms with Gasteiger partial charge in [-0.1, -0.05) is 25.1 Å². The highest BCUT2D eigenvalue weighted by Crippen LogP contribution is 2.31. The van der Waals surface area contributed by atoms with Gasteiger partial charge in [0.05, 0.1) is 11.5 Å².